The number of rotatable bonds is 4. The highest BCUT2D eigenvalue weighted by Gasteiger charge is 2.26. The third-order valence-electron chi connectivity index (χ3n) is 5.27. The van der Waals surface area contributed by atoms with Gasteiger partial charge in [-0.15, -0.1) is 0 Å². The summed E-state index contributed by atoms with van der Waals surface area (Å²) < 4.78 is 0. The molecule has 2 aliphatic rings. The molecule has 148 valence electrons. The average Bonchev–Trinajstić information content (AvgIpc) is 2.75. The highest BCUT2D eigenvalue weighted by molar-refractivity contribution is 7.99. The monoisotopic (exact) mass is 417 g/mol. The maximum atomic E-state index is 12.7. The van der Waals surface area contributed by atoms with E-state index >= 15 is 0 Å². The molecule has 0 spiro atoms. The van der Waals surface area contributed by atoms with Crippen molar-refractivity contribution in [1.82, 2.24) is 9.97 Å². The Hall–Kier alpha value is -1.99. The molecule has 2 fully saturated rings. The molecule has 0 atom stereocenters. The smallest absolute Gasteiger partial charge is 0.227 e. The summed E-state index contributed by atoms with van der Waals surface area (Å²) >= 11 is 8.47. The number of piperidine rings is 1. The van der Waals surface area contributed by atoms with Gasteiger partial charge in [-0.2, -0.15) is 11.8 Å². The number of anilines is 3. The van der Waals surface area contributed by atoms with Gasteiger partial charge in [-0.25, -0.2) is 9.97 Å². The Morgan fingerprint density at radius 1 is 1.07 bits per heavy atom. The number of hydrogen-bond donors (Lipinski definition) is 1. The van der Waals surface area contributed by atoms with Gasteiger partial charge in [0.15, 0.2) is 0 Å². The van der Waals surface area contributed by atoms with Crippen LogP contribution in [0.4, 0.5) is 17.3 Å². The summed E-state index contributed by atoms with van der Waals surface area (Å²) in [5, 5.41) is 3.74. The number of benzene rings is 1. The van der Waals surface area contributed by atoms with Gasteiger partial charge < -0.3 is 15.1 Å². The van der Waals surface area contributed by atoms with Gasteiger partial charge in [0.25, 0.3) is 0 Å². The summed E-state index contributed by atoms with van der Waals surface area (Å²) in [7, 11) is 0. The maximum absolute atomic E-state index is 12.7. The van der Waals surface area contributed by atoms with Crippen LogP contribution in [0, 0.1) is 5.92 Å². The molecule has 1 aromatic carbocycles. The minimum atomic E-state index is -0.00228. The summed E-state index contributed by atoms with van der Waals surface area (Å²) in [6, 6.07) is 7.64. The minimum absolute atomic E-state index is 0.00228. The number of aromatic nitrogens is 2. The van der Waals surface area contributed by atoms with E-state index in [9.17, 15) is 4.79 Å². The van der Waals surface area contributed by atoms with Crippen LogP contribution in [0.25, 0.3) is 0 Å². The summed E-state index contributed by atoms with van der Waals surface area (Å²) in [5.74, 6) is 3.05. The number of nitrogens with one attached hydrogen (secondary N) is 1. The lowest BCUT2D eigenvalue weighted by Gasteiger charge is -2.31. The molecule has 0 radical (unpaired) electrons. The quantitative estimate of drug-likeness (QED) is 0.821. The molecule has 1 N–H and O–H groups in total. The molecular weight excluding hydrogens is 394 g/mol. The van der Waals surface area contributed by atoms with Crippen LogP contribution in [0.3, 0.4) is 0 Å². The number of carbonyl (C=O) groups is 1. The van der Waals surface area contributed by atoms with E-state index in [4.69, 9.17) is 11.6 Å². The molecule has 6 nitrogen and oxygen atoms in total. The zero-order valence-corrected chi connectivity index (χ0v) is 17.3. The normalized spacial score (nSPS) is 18.2. The van der Waals surface area contributed by atoms with Crippen molar-refractivity contribution in [1.29, 1.82) is 0 Å². The predicted molar refractivity (Wildman–Crippen MR) is 117 cm³/mol. The molecule has 0 bridgehead atoms. The van der Waals surface area contributed by atoms with Crippen molar-refractivity contribution in [3.8, 4) is 0 Å². The van der Waals surface area contributed by atoms with Crippen LogP contribution in [-0.2, 0) is 4.79 Å². The molecule has 1 aromatic heterocycles. The largest absolute Gasteiger partial charge is 0.369 e. The van der Waals surface area contributed by atoms with E-state index in [1.54, 1.807) is 12.4 Å². The Labute approximate surface area is 174 Å². The Morgan fingerprint density at radius 3 is 2.46 bits per heavy atom. The first-order valence-corrected chi connectivity index (χ1v) is 11.2. The molecule has 8 heteroatoms. The maximum Gasteiger partial charge on any atom is 0.227 e. The standard InChI is InChI=1S/C20H24ClN5OS/c21-17-14-16(2-3-18(17)25-10-12-28-13-11-25)24-19(27)15-4-8-26(9-5-15)20-22-6-1-7-23-20/h1-3,6-7,14-15H,4-5,8-13H2,(H,24,27). The van der Waals surface area contributed by atoms with Crippen molar-refractivity contribution in [2.45, 2.75) is 12.8 Å². The fourth-order valence-electron chi connectivity index (χ4n) is 3.69. The number of thioether (sulfide) groups is 1. The van der Waals surface area contributed by atoms with Gasteiger partial charge in [-0.3, -0.25) is 4.79 Å². The first-order chi connectivity index (χ1) is 13.7. The second kappa shape index (κ2) is 9.01. The summed E-state index contributed by atoms with van der Waals surface area (Å²) in [5.41, 5.74) is 1.81. The van der Waals surface area contributed by atoms with E-state index < -0.39 is 0 Å². The fourth-order valence-corrected chi connectivity index (χ4v) is 4.89. The van der Waals surface area contributed by atoms with E-state index in [2.05, 4.69) is 25.1 Å². The zero-order chi connectivity index (χ0) is 19.3. The first-order valence-electron chi connectivity index (χ1n) is 9.66. The zero-order valence-electron chi connectivity index (χ0n) is 15.7. The highest BCUT2D eigenvalue weighted by atomic mass is 35.5. The van der Waals surface area contributed by atoms with Crippen molar-refractivity contribution in [2.24, 2.45) is 5.92 Å². The Kier molecular flexibility index (Phi) is 6.22. The van der Waals surface area contributed by atoms with Crippen molar-refractivity contribution in [3.63, 3.8) is 0 Å². The number of amides is 1. The molecule has 1 amide bonds. The van der Waals surface area contributed by atoms with Crippen LogP contribution >= 0.6 is 23.4 Å². The van der Waals surface area contributed by atoms with Gasteiger partial charge in [-0.1, -0.05) is 11.6 Å². The molecule has 0 saturated carbocycles. The summed E-state index contributed by atoms with van der Waals surface area (Å²) in [4.78, 5) is 25.7. The van der Waals surface area contributed by atoms with Crippen molar-refractivity contribution in [3.05, 3.63) is 41.7 Å². The molecule has 2 saturated heterocycles. The Balaban J connectivity index is 1.33. The lowest BCUT2D eigenvalue weighted by molar-refractivity contribution is -0.120. The van der Waals surface area contributed by atoms with Crippen molar-refractivity contribution < 1.29 is 4.79 Å². The molecule has 4 rings (SSSR count). The molecule has 3 heterocycles. The summed E-state index contributed by atoms with van der Waals surface area (Å²) in [6.07, 6.45) is 5.08. The van der Waals surface area contributed by atoms with E-state index in [0.717, 1.165) is 67.8 Å². The van der Waals surface area contributed by atoms with Gasteiger partial charge in [-0.05, 0) is 37.1 Å². The van der Waals surface area contributed by atoms with Crippen LogP contribution in [0.2, 0.25) is 5.02 Å². The lowest BCUT2D eigenvalue weighted by atomic mass is 9.96. The lowest BCUT2D eigenvalue weighted by Crippen LogP contribution is -2.39. The van der Waals surface area contributed by atoms with Crippen molar-refractivity contribution >= 4 is 46.6 Å². The number of carbonyl (C=O) groups excluding carboxylic acids is 1. The van der Waals surface area contributed by atoms with Crippen LogP contribution in [0.5, 0.6) is 0 Å². The Bertz CT molecular complexity index is 807. The van der Waals surface area contributed by atoms with E-state index in [0.29, 0.717) is 5.02 Å². The minimum Gasteiger partial charge on any atom is -0.369 e. The van der Waals surface area contributed by atoms with Crippen LogP contribution in [-0.4, -0.2) is 53.6 Å². The van der Waals surface area contributed by atoms with Gasteiger partial charge in [0.2, 0.25) is 11.9 Å². The number of halogens is 1. The Morgan fingerprint density at radius 2 is 1.79 bits per heavy atom. The second-order valence-electron chi connectivity index (χ2n) is 7.06. The SMILES string of the molecule is O=C(Nc1ccc(N2CCSCC2)c(Cl)c1)C1CCN(c2ncccn2)CC1. The molecular formula is C20H24ClN5OS. The number of hydrogen-bond acceptors (Lipinski definition) is 6. The number of nitrogens with zero attached hydrogens (tertiary/aromatic N) is 4. The molecule has 28 heavy (non-hydrogen) atoms. The third kappa shape index (κ3) is 4.52. The average molecular weight is 418 g/mol. The molecule has 2 aliphatic heterocycles. The van der Waals surface area contributed by atoms with Gasteiger partial charge in [0.05, 0.1) is 10.7 Å². The predicted octanol–water partition coefficient (Wildman–Crippen LogP) is 3.54. The highest BCUT2D eigenvalue weighted by Crippen LogP contribution is 2.31. The molecule has 0 aliphatic carbocycles. The van der Waals surface area contributed by atoms with Crippen molar-refractivity contribution in [2.75, 3.05) is 52.8 Å². The first kappa shape index (κ1) is 19.3. The van der Waals surface area contributed by atoms with Crippen LogP contribution in [0.15, 0.2) is 36.7 Å². The van der Waals surface area contributed by atoms with Crippen LogP contribution in [0.1, 0.15) is 12.8 Å². The summed E-state index contributed by atoms with van der Waals surface area (Å²) in [6.45, 7) is 3.60. The fraction of sp³-hybridized carbons (Fsp3) is 0.450. The van der Waals surface area contributed by atoms with E-state index in [1.165, 1.54) is 0 Å². The molecule has 2 aromatic rings. The van der Waals surface area contributed by atoms with Gasteiger partial charge in [0.1, 0.15) is 0 Å². The molecule has 0 unspecified atom stereocenters. The third-order valence-corrected chi connectivity index (χ3v) is 6.51. The van der Waals surface area contributed by atoms with Crippen LogP contribution < -0.4 is 15.1 Å². The second-order valence-corrected chi connectivity index (χ2v) is 8.70. The van der Waals surface area contributed by atoms with Gasteiger partial charge in [0, 0.05) is 61.7 Å². The van der Waals surface area contributed by atoms with E-state index in [1.807, 2.05) is 36.0 Å². The topological polar surface area (TPSA) is 61.4 Å². The van der Waals surface area contributed by atoms with Gasteiger partial charge >= 0.3 is 0 Å². The van der Waals surface area contributed by atoms with E-state index in [-0.39, 0.29) is 11.8 Å².